The van der Waals surface area contributed by atoms with Gasteiger partial charge in [-0.15, -0.1) is 12.6 Å². The second kappa shape index (κ2) is 6.83. The zero-order valence-electron chi connectivity index (χ0n) is 13.7. The average molecular weight is 339 g/mol. The number of ether oxygens (including phenoxy) is 1. The summed E-state index contributed by atoms with van der Waals surface area (Å²) in [6, 6.07) is 12.1. The number of aliphatic imine (C=N–C) groups is 1. The number of fused-ring (bicyclic) bond motifs is 3. The van der Waals surface area contributed by atoms with Crippen molar-refractivity contribution in [2.75, 3.05) is 13.7 Å². The van der Waals surface area contributed by atoms with Gasteiger partial charge in [-0.25, -0.2) is 0 Å². The lowest BCUT2D eigenvalue weighted by molar-refractivity contribution is 0.232. The van der Waals surface area contributed by atoms with Crippen LogP contribution in [0.4, 0.5) is 0 Å². The summed E-state index contributed by atoms with van der Waals surface area (Å²) in [5.41, 5.74) is 2.94. The fourth-order valence-electron chi connectivity index (χ4n) is 3.45. The molecule has 0 radical (unpaired) electrons. The van der Waals surface area contributed by atoms with Gasteiger partial charge in [-0.3, -0.25) is 4.99 Å². The molecule has 1 aliphatic rings. The number of allylic oxidation sites excluding steroid dienone is 1. The molecule has 2 aromatic carbocycles. The predicted molar refractivity (Wildman–Crippen MR) is 103 cm³/mol. The van der Waals surface area contributed by atoms with Crippen molar-refractivity contribution in [3.63, 3.8) is 0 Å². The number of rotatable bonds is 5. The number of aliphatic hydroxyl groups is 1. The largest absolute Gasteiger partial charge is 0.499 e. The predicted octanol–water partition coefficient (Wildman–Crippen LogP) is 4.08. The van der Waals surface area contributed by atoms with E-state index in [2.05, 4.69) is 50.1 Å². The van der Waals surface area contributed by atoms with Crippen LogP contribution in [0, 0.1) is 0 Å². The van der Waals surface area contributed by atoms with Crippen molar-refractivity contribution >= 4 is 29.1 Å². The van der Waals surface area contributed by atoms with Crippen molar-refractivity contribution < 1.29 is 9.84 Å². The van der Waals surface area contributed by atoms with Crippen LogP contribution in [0.15, 0.2) is 65.2 Å². The van der Waals surface area contributed by atoms with Gasteiger partial charge in [0.1, 0.15) is 11.8 Å². The van der Waals surface area contributed by atoms with Gasteiger partial charge in [0.15, 0.2) is 0 Å². The molecule has 2 unspecified atom stereocenters. The van der Waals surface area contributed by atoms with Gasteiger partial charge >= 0.3 is 0 Å². The molecule has 2 aromatic rings. The number of nitrogens with zero attached hydrogens (tertiary/aromatic N) is 1. The van der Waals surface area contributed by atoms with E-state index in [0.717, 1.165) is 27.6 Å². The number of thiol groups is 1. The van der Waals surface area contributed by atoms with Crippen LogP contribution in [0.3, 0.4) is 0 Å². The van der Waals surface area contributed by atoms with E-state index in [0.29, 0.717) is 17.1 Å². The quantitative estimate of drug-likeness (QED) is 0.637. The first-order chi connectivity index (χ1) is 11.6. The molecule has 0 saturated carbocycles. The Labute approximate surface area is 147 Å². The van der Waals surface area contributed by atoms with E-state index in [1.165, 1.54) is 0 Å². The minimum absolute atomic E-state index is 0.0000154. The Morgan fingerprint density at radius 3 is 2.67 bits per heavy atom. The van der Waals surface area contributed by atoms with Crippen LogP contribution in [0.2, 0.25) is 0 Å². The van der Waals surface area contributed by atoms with Crippen molar-refractivity contribution in [1.82, 2.24) is 0 Å². The zero-order chi connectivity index (χ0) is 17.3. The van der Waals surface area contributed by atoms with Gasteiger partial charge in [-0.05, 0) is 22.8 Å². The highest BCUT2D eigenvalue weighted by Crippen LogP contribution is 2.41. The van der Waals surface area contributed by atoms with Gasteiger partial charge in [0.25, 0.3) is 0 Å². The molecule has 3 nitrogen and oxygen atoms in total. The first kappa shape index (κ1) is 16.8. The van der Waals surface area contributed by atoms with Crippen molar-refractivity contribution in [2.24, 2.45) is 4.99 Å². The van der Waals surface area contributed by atoms with Gasteiger partial charge < -0.3 is 9.84 Å². The molecule has 124 valence electrons. The Balaban J connectivity index is 2.32. The molecule has 0 saturated heterocycles. The number of hydrogen-bond donors (Lipinski definition) is 2. The lowest BCUT2D eigenvalue weighted by Gasteiger charge is -2.33. The minimum atomic E-state index is -0.264. The van der Waals surface area contributed by atoms with E-state index >= 15 is 0 Å². The molecule has 24 heavy (non-hydrogen) atoms. The number of benzene rings is 2. The van der Waals surface area contributed by atoms with Gasteiger partial charge in [0.2, 0.25) is 0 Å². The summed E-state index contributed by atoms with van der Waals surface area (Å²) in [4.78, 5) is 5.42. The standard InChI is InChI=1S/C20H21NO2S/c1-12(23-3)19-17(10-11-22)18-15-7-5-4-6-14(15)8-9-16(18)20(21-19)13(2)24/h4-9,17,19,22,24H,1-2,10-11H2,3H3. The number of methoxy groups -OCH3 is 1. The topological polar surface area (TPSA) is 41.8 Å². The zero-order valence-corrected chi connectivity index (χ0v) is 14.6. The van der Waals surface area contributed by atoms with E-state index in [4.69, 9.17) is 9.73 Å². The Morgan fingerprint density at radius 1 is 1.25 bits per heavy atom. The minimum Gasteiger partial charge on any atom is -0.499 e. The Hall–Kier alpha value is -2.04. The van der Waals surface area contributed by atoms with E-state index in [-0.39, 0.29) is 18.6 Å². The lowest BCUT2D eigenvalue weighted by Crippen LogP contribution is -2.29. The van der Waals surface area contributed by atoms with Crippen LogP contribution in [0.5, 0.6) is 0 Å². The molecule has 1 N–H and O–H groups in total. The van der Waals surface area contributed by atoms with E-state index in [1.54, 1.807) is 7.11 Å². The first-order valence-corrected chi connectivity index (χ1v) is 8.35. The average Bonchev–Trinajstić information content (AvgIpc) is 2.60. The molecular weight excluding hydrogens is 318 g/mol. The second-order valence-electron chi connectivity index (χ2n) is 5.91. The van der Waals surface area contributed by atoms with Gasteiger partial charge in [-0.2, -0.15) is 0 Å². The molecule has 0 fully saturated rings. The monoisotopic (exact) mass is 339 g/mol. The highest BCUT2D eigenvalue weighted by atomic mass is 32.1. The Morgan fingerprint density at radius 2 is 2.00 bits per heavy atom. The van der Waals surface area contributed by atoms with Gasteiger partial charge in [0, 0.05) is 23.0 Å². The van der Waals surface area contributed by atoms with Gasteiger partial charge in [-0.1, -0.05) is 49.6 Å². The molecule has 1 aliphatic heterocycles. The van der Waals surface area contributed by atoms with Crippen molar-refractivity contribution in [1.29, 1.82) is 0 Å². The summed E-state index contributed by atoms with van der Waals surface area (Å²) in [5, 5.41) is 11.9. The van der Waals surface area contributed by atoms with E-state index < -0.39 is 0 Å². The Bertz CT molecular complexity index is 841. The molecule has 1 heterocycles. The summed E-state index contributed by atoms with van der Waals surface area (Å²) in [6.07, 6.45) is 0.587. The van der Waals surface area contributed by atoms with Crippen LogP contribution >= 0.6 is 12.6 Å². The summed E-state index contributed by atoms with van der Waals surface area (Å²) < 4.78 is 5.38. The molecule has 2 atom stereocenters. The maximum Gasteiger partial charge on any atom is 0.114 e. The van der Waals surface area contributed by atoms with Crippen LogP contribution in [-0.4, -0.2) is 30.6 Å². The number of aliphatic hydroxyl groups excluding tert-OH is 1. The maximum absolute atomic E-state index is 9.61. The summed E-state index contributed by atoms with van der Waals surface area (Å²) in [7, 11) is 1.60. The molecule has 3 rings (SSSR count). The molecule has 0 aromatic heterocycles. The molecular formula is C20H21NO2S. The lowest BCUT2D eigenvalue weighted by atomic mass is 9.78. The second-order valence-corrected chi connectivity index (χ2v) is 6.45. The van der Waals surface area contributed by atoms with Crippen molar-refractivity contribution in [3.8, 4) is 0 Å². The smallest absolute Gasteiger partial charge is 0.114 e. The van der Waals surface area contributed by atoms with Crippen LogP contribution in [-0.2, 0) is 4.74 Å². The van der Waals surface area contributed by atoms with E-state index in [1.807, 2.05) is 12.1 Å². The normalized spacial score (nSPS) is 19.5. The fraction of sp³-hybridized carbons (Fsp3) is 0.250. The summed E-state index contributed by atoms with van der Waals surface area (Å²) >= 11 is 4.43. The first-order valence-electron chi connectivity index (χ1n) is 7.90. The SMILES string of the molecule is C=C(S)C1=NC(C(=C)OC)C(CCO)c2c1ccc1ccccc21. The third-order valence-corrected chi connectivity index (χ3v) is 4.76. The maximum atomic E-state index is 9.61. The third kappa shape index (κ3) is 2.76. The Kier molecular flexibility index (Phi) is 4.78. The molecule has 0 bridgehead atoms. The molecule has 0 spiro atoms. The fourth-order valence-corrected chi connectivity index (χ4v) is 3.62. The van der Waals surface area contributed by atoms with Crippen molar-refractivity contribution in [3.05, 3.63) is 71.3 Å². The molecule has 0 amide bonds. The van der Waals surface area contributed by atoms with Crippen molar-refractivity contribution in [2.45, 2.75) is 18.4 Å². The summed E-state index contributed by atoms with van der Waals surface area (Å²) in [5.74, 6) is 0.583. The number of hydrogen-bond acceptors (Lipinski definition) is 4. The highest BCUT2D eigenvalue weighted by Gasteiger charge is 2.34. The highest BCUT2D eigenvalue weighted by molar-refractivity contribution is 7.85. The van der Waals surface area contributed by atoms with E-state index in [9.17, 15) is 5.11 Å². The molecule has 0 aliphatic carbocycles. The van der Waals surface area contributed by atoms with Gasteiger partial charge in [0.05, 0.1) is 12.8 Å². The van der Waals surface area contributed by atoms with Crippen LogP contribution < -0.4 is 0 Å². The van der Waals surface area contributed by atoms with Crippen LogP contribution in [0.1, 0.15) is 23.5 Å². The van der Waals surface area contributed by atoms with Crippen LogP contribution in [0.25, 0.3) is 10.8 Å². The molecule has 4 heteroatoms. The summed E-state index contributed by atoms with van der Waals surface area (Å²) in [6.45, 7) is 8.05. The third-order valence-electron chi connectivity index (χ3n) is 4.55.